The predicted molar refractivity (Wildman–Crippen MR) is 74.2 cm³/mol. The van der Waals surface area contributed by atoms with Gasteiger partial charge in [0, 0.05) is 19.1 Å². The maximum absolute atomic E-state index is 14.1. The molecule has 1 saturated heterocycles. The van der Waals surface area contributed by atoms with Crippen LogP contribution in [0.5, 0.6) is 0 Å². The zero-order chi connectivity index (χ0) is 13.1. The Balaban J connectivity index is 2.31. The van der Waals surface area contributed by atoms with Gasteiger partial charge in [0.2, 0.25) is 0 Å². The predicted octanol–water partition coefficient (Wildman–Crippen LogP) is 3.47. The van der Waals surface area contributed by atoms with Crippen LogP contribution in [-0.2, 0) is 0 Å². The van der Waals surface area contributed by atoms with Gasteiger partial charge in [0.05, 0.1) is 5.69 Å². The summed E-state index contributed by atoms with van der Waals surface area (Å²) < 4.78 is 14.1. The highest BCUT2D eigenvalue weighted by molar-refractivity contribution is 5.56. The Morgan fingerprint density at radius 1 is 1.50 bits per heavy atom. The van der Waals surface area contributed by atoms with Crippen LogP contribution < -0.4 is 10.6 Å². The molecule has 1 aliphatic heterocycles. The molecule has 1 fully saturated rings. The van der Waals surface area contributed by atoms with Crippen molar-refractivity contribution in [3.05, 3.63) is 29.6 Å². The molecule has 1 heterocycles. The highest BCUT2D eigenvalue weighted by Gasteiger charge is 2.23. The third-order valence-electron chi connectivity index (χ3n) is 3.92. The molecule has 18 heavy (non-hydrogen) atoms. The van der Waals surface area contributed by atoms with E-state index in [0.717, 1.165) is 30.8 Å². The van der Waals surface area contributed by atoms with Crippen LogP contribution in [0, 0.1) is 11.7 Å². The van der Waals surface area contributed by atoms with Crippen LogP contribution in [-0.4, -0.2) is 13.1 Å². The summed E-state index contributed by atoms with van der Waals surface area (Å²) in [5, 5.41) is 0. The summed E-state index contributed by atoms with van der Waals surface area (Å²) in [5.74, 6) is 0.542. The standard InChI is InChI=1S/C15H23FN2/c1-3-12-6-5-9-18(10-12)15-13(11(2)17)7-4-8-14(15)16/h4,7-8,11-12H,3,5-6,9-10,17H2,1-2H3/t11-,12?/m1/s1. The molecule has 2 rings (SSSR count). The van der Waals surface area contributed by atoms with Gasteiger partial charge in [-0.15, -0.1) is 0 Å². The average Bonchev–Trinajstić information content (AvgIpc) is 2.38. The van der Waals surface area contributed by atoms with E-state index in [-0.39, 0.29) is 11.9 Å². The lowest BCUT2D eigenvalue weighted by molar-refractivity contribution is 0.400. The monoisotopic (exact) mass is 250 g/mol. The molecule has 0 spiro atoms. The molecule has 2 atom stereocenters. The quantitative estimate of drug-likeness (QED) is 0.890. The van der Waals surface area contributed by atoms with Crippen LogP contribution in [0.3, 0.4) is 0 Å². The van der Waals surface area contributed by atoms with E-state index in [0.29, 0.717) is 5.92 Å². The van der Waals surface area contributed by atoms with Gasteiger partial charge in [0.25, 0.3) is 0 Å². The molecule has 2 N–H and O–H groups in total. The van der Waals surface area contributed by atoms with E-state index in [9.17, 15) is 4.39 Å². The fourth-order valence-corrected chi connectivity index (χ4v) is 2.83. The van der Waals surface area contributed by atoms with Gasteiger partial charge in [-0.25, -0.2) is 4.39 Å². The fraction of sp³-hybridized carbons (Fsp3) is 0.600. The van der Waals surface area contributed by atoms with Crippen molar-refractivity contribution in [3.8, 4) is 0 Å². The van der Waals surface area contributed by atoms with Gasteiger partial charge in [-0.1, -0.05) is 25.5 Å². The van der Waals surface area contributed by atoms with Crippen LogP contribution in [0.15, 0.2) is 18.2 Å². The Hall–Kier alpha value is -1.09. The highest BCUT2D eigenvalue weighted by atomic mass is 19.1. The number of rotatable bonds is 3. The number of anilines is 1. The maximum atomic E-state index is 14.1. The summed E-state index contributed by atoms with van der Waals surface area (Å²) in [6.07, 6.45) is 3.57. The van der Waals surface area contributed by atoms with Crippen molar-refractivity contribution in [2.24, 2.45) is 11.7 Å². The lowest BCUT2D eigenvalue weighted by Gasteiger charge is -2.36. The molecule has 0 aromatic heterocycles. The van der Waals surface area contributed by atoms with E-state index < -0.39 is 0 Å². The normalized spacial score (nSPS) is 22.0. The lowest BCUT2D eigenvalue weighted by atomic mass is 9.94. The van der Waals surface area contributed by atoms with E-state index in [1.807, 2.05) is 13.0 Å². The number of hydrogen-bond donors (Lipinski definition) is 1. The number of piperidine rings is 1. The number of nitrogens with zero attached hydrogens (tertiary/aromatic N) is 1. The number of halogens is 1. The third-order valence-corrected chi connectivity index (χ3v) is 3.92. The number of benzene rings is 1. The van der Waals surface area contributed by atoms with E-state index in [1.165, 1.54) is 18.9 Å². The van der Waals surface area contributed by atoms with E-state index in [4.69, 9.17) is 5.73 Å². The number of para-hydroxylation sites is 1. The molecule has 2 nitrogen and oxygen atoms in total. The van der Waals surface area contributed by atoms with Crippen molar-refractivity contribution in [2.75, 3.05) is 18.0 Å². The Labute approximate surface area is 109 Å². The minimum atomic E-state index is -0.137. The van der Waals surface area contributed by atoms with Gasteiger partial charge < -0.3 is 10.6 Å². The molecule has 0 amide bonds. The van der Waals surface area contributed by atoms with Crippen LogP contribution in [0.2, 0.25) is 0 Å². The zero-order valence-corrected chi connectivity index (χ0v) is 11.3. The van der Waals surface area contributed by atoms with Crippen LogP contribution in [0.25, 0.3) is 0 Å². The summed E-state index contributed by atoms with van der Waals surface area (Å²) in [7, 11) is 0. The molecular weight excluding hydrogens is 227 g/mol. The molecule has 1 aromatic rings. The van der Waals surface area contributed by atoms with Crippen molar-refractivity contribution < 1.29 is 4.39 Å². The van der Waals surface area contributed by atoms with Crippen LogP contribution >= 0.6 is 0 Å². The van der Waals surface area contributed by atoms with Crippen molar-refractivity contribution in [1.82, 2.24) is 0 Å². The second-order valence-electron chi connectivity index (χ2n) is 5.33. The minimum absolute atomic E-state index is 0.127. The summed E-state index contributed by atoms with van der Waals surface area (Å²) >= 11 is 0. The molecule has 0 bridgehead atoms. The number of hydrogen-bond acceptors (Lipinski definition) is 2. The fourth-order valence-electron chi connectivity index (χ4n) is 2.83. The first-order chi connectivity index (χ1) is 8.63. The zero-order valence-electron chi connectivity index (χ0n) is 11.3. The Morgan fingerprint density at radius 3 is 2.94 bits per heavy atom. The summed E-state index contributed by atoms with van der Waals surface area (Å²) in [4.78, 5) is 2.19. The largest absolute Gasteiger partial charge is 0.369 e. The summed E-state index contributed by atoms with van der Waals surface area (Å²) in [5.41, 5.74) is 7.61. The SMILES string of the molecule is CCC1CCCN(c2c(F)cccc2[C@@H](C)N)C1. The average molecular weight is 250 g/mol. The first-order valence-electron chi connectivity index (χ1n) is 6.92. The van der Waals surface area contributed by atoms with Crippen LogP contribution in [0.1, 0.15) is 44.7 Å². The lowest BCUT2D eigenvalue weighted by Crippen LogP contribution is -2.36. The minimum Gasteiger partial charge on any atom is -0.369 e. The molecular formula is C15H23FN2. The molecule has 0 aliphatic carbocycles. The van der Waals surface area contributed by atoms with E-state index in [1.54, 1.807) is 6.07 Å². The van der Waals surface area contributed by atoms with Crippen molar-refractivity contribution in [3.63, 3.8) is 0 Å². The third kappa shape index (κ3) is 2.66. The smallest absolute Gasteiger partial charge is 0.146 e. The van der Waals surface area contributed by atoms with Crippen molar-refractivity contribution in [2.45, 2.75) is 39.2 Å². The Bertz CT molecular complexity index is 403. The van der Waals surface area contributed by atoms with Crippen LogP contribution in [0.4, 0.5) is 10.1 Å². The first kappa shape index (κ1) is 13.3. The van der Waals surface area contributed by atoms with Gasteiger partial charge in [0.15, 0.2) is 0 Å². The van der Waals surface area contributed by atoms with Crippen molar-refractivity contribution >= 4 is 5.69 Å². The van der Waals surface area contributed by atoms with Gasteiger partial charge >= 0.3 is 0 Å². The van der Waals surface area contributed by atoms with E-state index in [2.05, 4.69) is 11.8 Å². The molecule has 100 valence electrons. The van der Waals surface area contributed by atoms with Gasteiger partial charge in [-0.05, 0) is 37.3 Å². The van der Waals surface area contributed by atoms with E-state index >= 15 is 0 Å². The Morgan fingerprint density at radius 2 is 2.28 bits per heavy atom. The molecule has 0 radical (unpaired) electrons. The first-order valence-corrected chi connectivity index (χ1v) is 6.92. The topological polar surface area (TPSA) is 29.3 Å². The second kappa shape index (κ2) is 5.70. The van der Waals surface area contributed by atoms with Crippen molar-refractivity contribution in [1.29, 1.82) is 0 Å². The molecule has 0 saturated carbocycles. The molecule has 1 unspecified atom stereocenters. The maximum Gasteiger partial charge on any atom is 0.146 e. The number of nitrogens with two attached hydrogens (primary N) is 1. The van der Waals surface area contributed by atoms with Gasteiger partial charge in [-0.2, -0.15) is 0 Å². The second-order valence-corrected chi connectivity index (χ2v) is 5.33. The molecule has 3 heteroatoms. The summed E-state index contributed by atoms with van der Waals surface area (Å²) in [6.45, 7) is 6.02. The van der Waals surface area contributed by atoms with Gasteiger partial charge in [-0.3, -0.25) is 0 Å². The highest BCUT2D eigenvalue weighted by Crippen LogP contribution is 2.32. The Kier molecular flexibility index (Phi) is 4.23. The van der Waals surface area contributed by atoms with Gasteiger partial charge in [0.1, 0.15) is 5.82 Å². The summed E-state index contributed by atoms with van der Waals surface area (Å²) in [6, 6.07) is 5.10. The molecule has 1 aromatic carbocycles. The molecule has 1 aliphatic rings.